The average molecular weight is 279 g/mol. The van der Waals surface area contributed by atoms with Gasteiger partial charge < -0.3 is 0 Å². The summed E-state index contributed by atoms with van der Waals surface area (Å²) in [6.45, 7) is 0. The van der Waals surface area contributed by atoms with E-state index in [0.29, 0.717) is 4.31 Å². The highest BCUT2D eigenvalue weighted by atomic mass is 32.2. The van der Waals surface area contributed by atoms with Gasteiger partial charge in [0, 0.05) is 6.42 Å². The van der Waals surface area contributed by atoms with Crippen LogP contribution < -0.4 is 4.31 Å². The molecule has 1 saturated heterocycles. The third-order valence-electron chi connectivity index (χ3n) is 2.51. The molecule has 0 N–H and O–H groups in total. The molecule has 0 bridgehead atoms. The number of nitrogens with zero attached hydrogens (tertiary/aromatic N) is 1. The molecule has 0 unspecified atom stereocenters. The number of halogens is 3. The van der Waals surface area contributed by atoms with Gasteiger partial charge in [-0.2, -0.15) is 13.2 Å². The number of sulfonamides is 1. The van der Waals surface area contributed by atoms with Gasteiger partial charge in [0.25, 0.3) is 0 Å². The van der Waals surface area contributed by atoms with Crippen molar-refractivity contribution in [3.8, 4) is 0 Å². The van der Waals surface area contributed by atoms with Crippen LogP contribution in [0.1, 0.15) is 12.0 Å². The summed E-state index contributed by atoms with van der Waals surface area (Å²) in [7, 11) is -3.74. The molecule has 1 aliphatic heterocycles. The summed E-state index contributed by atoms with van der Waals surface area (Å²) in [6, 6.07) is 3.44. The minimum Gasteiger partial charge on any atom is -0.273 e. The third kappa shape index (κ3) is 2.20. The molecule has 8 heteroatoms. The van der Waals surface area contributed by atoms with Crippen molar-refractivity contribution < 1.29 is 26.4 Å². The predicted octanol–water partition coefficient (Wildman–Crippen LogP) is 1.77. The van der Waals surface area contributed by atoms with Crippen LogP contribution in [-0.2, 0) is 21.0 Å². The van der Waals surface area contributed by atoms with Crippen molar-refractivity contribution in [3.63, 3.8) is 0 Å². The van der Waals surface area contributed by atoms with Gasteiger partial charge in [-0.15, -0.1) is 0 Å². The summed E-state index contributed by atoms with van der Waals surface area (Å²) in [5.74, 6) is -0.942. The van der Waals surface area contributed by atoms with Crippen molar-refractivity contribution in [2.24, 2.45) is 0 Å². The van der Waals surface area contributed by atoms with Crippen LogP contribution in [0.4, 0.5) is 18.9 Å². The van der Waals surface area contributed by atoms with Crippen LogP contribution in [0.15, 0.2) is 24.3 Å². The van der Waals surface area contributed by atoms with Crippen LogP contribution in [0.2, 0.25) is 0 Å². The maximum atomic E-state index is 12.3. The van der Waals surface area contributed by atoms with Crippen molar-refractivity contribution in [2.45, 2.75) is 12.6 Å². The number of hydrogen-bond acceptors (Lipinski definition) is 3. The normalized spacial score (nSPS) is 19.3. The van der Waals surface area contributed by atoms with Gasteiger partial charge in [-0.25, -0.2) is 12.7 Å². The number of carbonyl (C=O) groups is 1. The number of alkyl halides is 3. The van der Waals surface area contributed by atoms with E-state index in [1.165, 1.54) is 0 Å². The number of benzene rings is 1. The summed E-state index contributed by atoms with van der Waals surface area (Å²) in [5, 5.41) is 0. The van der Waals surface area contributed by atoms with Crippen LogP contribution >= 0.6 is 0 Å². The Morgan fingerprint density at radius 1 is 1.11 bits per heavy atom. The first-order valence-corrected chi connectivity index (χ1v) is 6.56. The van der Waals surface area contributed by atoms with Gasteiger partial charge in [0.2, 0.25) is 15.9 Å². The van der Waals surface area contributed by atoms with Gasteiger partial charge in [0.15, 0.2) is 0 Å². The van der Waals surface area contributed by atoms with Crippen molar-refractivity contribution in [2.75, 3.05) is 10.1 Å². The second-order valence-electron chi connectivity index (χ2n) is 3.77. The minimum absolute atomic E-state index is 0.0644. The number of hydrogen-bond donors (Lipinski definition) is 0. The molecule has 4 nitrogen and oxygen atoms in total. The van der Waals surface area contributed by atoms with Crippen LogP contribution in [0.3, 0.4) is 0 Å². The van der Waals surface area contributed by atoms with Crippen molar-refractivity contribution in [3.05, 3.63) is 29.8 Å². The molecule has 1 amide bonds. The zero-order chi connectivity index (χ0) is 13.6. The number of rotatable bonds is 1. The lowest BCUT2D eigenvalue weighted by Gasteiger charge is -2.15. The lowest BCUT2D eigenvalue weighted by molar-refractivity contribution is -0.137. The Balaban J connectivity index is 2.39. The molecule has 0 aromatic heterocycles. The van der Waals surface area contributed by atoms with Gasteiger partial charge in [-0.3, -0.25) is 4.79 Å². The Morgan fingerprint density at radius 3 is 2.06 bits per heavy atom. The van der Waals surface area contributed by atoms with E-state index in [1.54, 1.807) is 0 Å². The smallest absolute Gasteiger partial charge is 0.273 e. The molecule has 0 atom stereocenters. The molecule has 0 radical (unpaired) electrons. The fraction of sp³-hybridized carbons (Fsp3) is 0.300. The minimum atomic E-state index is -4.49. The molecule has 0 saturated carbocycles. The Morgan fingerprint density at radius 2 is 1.67 bits per heavy atom. The SMILES string of the molecule is O=C1CCS(=O)(=O)N1c1ccc(C(F)(F)F)cc1. The van der Waals surface area contributed by atoms with E-state index in [9.17, 15) is 26.4 Å². The highest BCUT2D eigenvalue weighted by molar-refractivity contribution is 7.94. The maximum absolute atomic E-state index is 12.3. The largest absolute Gasteiger partial charge is 0.416 e. The van der Waals surface area contributed by atoms with Crippen LogP contribution in [0, 0.1) is 0 Å². The highest BCUT2D eigenvalue weighted by Crippen LogP contribution is 2.32. The first-order valence-electron chi connectivity index (χ1n) is 4.95. The highest BCUT2D eigenvalue weighted by Gasteiger charge is 2.37. The molecule has 2 rings (SSSR count). The summed E-state index contributed by atoms with van der Waals surface area (Å²) in [4.78, 5) is 11.4. The van der Waals surface area contributed by atoms with Gasteiger partial charge in [0.1, 0.15) is 0 Å². The van der Waals surface area contributed by atoms with E-state index in [1.807, 2.05) is 0 Å². The fourth-order valence-electron chi connectivity index (χ4n) is 1.65. The van der Waals surface area contributed by atoms with Crippen molar-refractivity contribution in [1.82, 2.24) is 0 Å². The lowest BCUT2D eigenvalue weighted by Crippen LogP contribution is -2.29. The van der Waals surface area contributed by atoms with E-state index in [0.717, 1.165) is 24.3 Å². The predicted molar refractivity (Wildman–Crippen MR) is 57.3 cm³/mol. The first kappa shape index (κ1) is 12.9. The summed E-state index contributed by atoms with van der Waals surface area (Å²) >= 11 is 0. The van der Waals surface area contributed by atoms with Crippen LogP contribution in [-0.4, -0.2) is 20.1 Å². The Hall–Kier alpha value is -1.57. The molecule has 18 heavy (non-hydrogen) atoms. The van der Waals surface area contributed by atoms with Crippen LogP contribution in [0.5, 0.6) is 0 Å². The molecule has 1 aromatic rings. The Kier molecular flexibility index (Phi) is 2.84. The lowest BCUT2D eigenvalue weighted by atomic mass is 10.2. The van der Waals surface area contributed by atoms with E-state index in [-0.39, 0.29) is 17.9 Å². The monoisotopic (exact) mass is 279 g/mol. The topological polar surface area (TPSA) is 54.5 Å². The fourth-order valence-corrected chi connectivity index (χ4v) is 3.11. The second-order valence-corrected chi connectivity index (χ2v) is 5.71. The van der Waals surface area contributed by atoms with Gasteiger partial charge in [-0.1, -0.05) is 0 Å². The summed E-state index contributed by atoms with van der Waals surface area (Å²) < 4.78 is 60.6. The van der Waals surface area contributed by atoms with Gasteiger partial charge in [-0.05, 0) is 24.3 Å². The number of anilines is 1. The number of carbonyl (C=O) groups excluding carboxylic acids is 1. The Bertz CT molecular complexity index is 577. The molecule has 1 fully saturated rings. The quantitative estimate of drug-likeness (QED) is 0.787. The van der Waals surface area contributed by atoms with E-state index in [2.05, 4.69) is 0 Å². The van der Waals surface area contributed by atoms with Crippen molar-refractivity contribution in [1.29, 1.82) is 0 Å². The van der Waals surface area contributed by atoms with E-state index < -0.39 is 27.7 Å². The van der Waals surface area contributed by atoms with E-state index >= 15 is 0 Å². The molecular formula is C10H8F3NO3S. The van der Waals surface area contributed by atoms with Gasteiger partial charge >= 0.3 is 6.18 Å². The molecule has 1 aliphatic rings. The molecule has 1 heterocycles. The summed E-state index contributed by atoms with van der Waals surface area (Å²) in [5.41, 5.74) is -0.958. The van der Waals surface area contributed by atoms with Crippen molar-refractivity contribution >= 4 is 21.6 Å². The van der Waals surface area contributed by atoms with Gasteiger partial charge in [0.05, 0.1) is 17.0 Å². The summed E-state index contributed by atoms with van der Waals surface area (Å²) in [6.07, 6.45) is -4.64. The molecule has 98 valence electrons. The zero-order valence-corrected chi connectivity index (χ0v) is 9.75. The maximum Gasteiger partial charge on any atom is 0.416 e. The third-order valence-corrected chi connectivity index (χ3v) is 4.20. The molecule has 0 aliphatic carbocycles. The Labute approximate surface area is 101 Å². The van der Waals surface area contributed by atoms with E-state index in [4.69, 9.17) is 0 Å². The average Bonchev–Trinajstić information content (AvgIpc) is 2.52. The van der Waals surface area contributed by atoms with Crippen LogP contribution in [0.25, 0.3) is 0 Å². The second kappa shape index (κ2) is 3.98. The molecule has 1 aromatic carbocycles. The zero-order valence-electron chi connectivity index (χ0n) is 8.94. The standard InChI is InChI=1S/C10H8F3NO3S/c11-10(12,13)7-1-3-8(4-2-7)14-9(15)5-6-18(14,16)17/h1-4H,5-6H2. The molecule has 0 spiro atoms. The first-order chi connectivity index (χ1) is 8.22. The number of amides is 1. The molecular weight excluding hydrogens is 271 g/mol.